The van der Waals surface area contributed by atoms with E-state index in [1.54, 1.807) is 13.0 Å². The van der Waals surface area contributed by atoms with Crippen LogP contribution in [-0.2, 0) is 10.0 Å². The molecule has 0 atom stereocenters. The first-order valence-corrected chi connectivity index (χ1v) is 9.37. The van der Waals surface area contributed by atoms with Gasteiger partial charge in [0.1, 0.15) is 0 Å². The Kier molecular flexibility index (Phi) is 5.40. The van der Waals surface area contributed by atoms with E-state index in [9.17, 15) is 13.2 Å². The second-order valence-corrected chi connectivity index (χ2v) is 8.14. The molecule has 1 amide bonds. The Labute approximate surface area is 133 Å². The molecular formula is C14H19BrN2O3S. The summed E-state index contributed by atoms with van der Waals surface area (Å²) in [4.78, 5) is 12.2. The van der Waals surface area contributed by atoms with Crippen molar-refractivity contribution < 1.29 is 13.2 Å². The first kappa shape index (κ1) is 16.5. The van der Waals surface area contributed by atoms with Crippen LogP contribution in [0.2, 0.25) is 0 Å². The number of nitrogens with zero attached hydrogens (tertiary/aromatic N) is 1. The van der Waals surface area contributed by atoms with Crippen molar-refractivity contribution in [3.8, 4) is 0 Å². The van der Waals surface area contributed by atoms with Crippen molar-refractivity contribution in [2.24, 2.45) is 0 Å². The molecule has 0 aliphatic carbocycles. The van der Waals surface area contributed by atoms with Crippen LogP contribution >= 0.6 is 15.9 Å². The monoisotopic (exact) mass is 374 g/mol. The molecule has 5 nitrogen and oxygen atoms in total. The van der Waals surface area contributed by atoms with E-state index < -0.39 is 10.0 Å². The third-order valence-electron chi connectivity index (χ3n) is 3.67. The molecule has 1 aromatic rings. The summed E-state index contributed by atoms with van der Waals surface area (Å²) in [5.41, 5.74) is 0.598. The lowest BCUT2D eigenvalue weighted by Crippen LogP contribution is -2.46. The fourth-order valence-corrected chi connectivity index (χ4v) is 3.97. The van der Waals surface area contributed by atoms with Crippen molar-refractivity contribution in [3.63, 3.8) is 0 Å². The Morgan fingerprint density at radius 3 is 2.52 bits per heavy atom. The van der Waals surface area contributed by atoms with Gasteiger partial charge in [-0.3, -0.25) is 4.79 Å². The number of halogens is 1. The third kappa shape index (κ3) is 4.05. The smallest absolute Gasteiger partial charge is 0.252 e. The van der Waals surface area contributed by atoms with Crippen molar-refractivity contribution in [2.75, 3.05) is 18.8 Å². The standard InChI is InChI=1S/C14H19BrN2O3S/c1-2-21(19,20)17-9-7-11(8-10-17)16-14(18)12-5-3-4-6-13(12)15/h3-6,11H,2,7-10H2,1H3,(H,16,18). The summed E-state index contributed by atoms with van der Waals surface area (Å²) in [6.07, 6.45) is 1.30. The molecular weight excluding hydrogens is 356 g/mol. The average Bonchev–Trinajstić information content (AvgIpc) is 2.48. The van der Waals surface area contributed by atoms with E-state index in [0.29, 0.717) is 31.5 Å². The van der Waals surface area contributed by atoms with E-state index >= 15 is 0 Å². The van der Waals surface area contributed by atoms with Crippen LogP contribution in [0.1, 0.15) is 30.1 Å². The molecule has 1 aromatic carbocycles. The van der Waals surface area contributed by atoms with Crippen molar-refractivity contribution >= 4 is 31.9 Å². The van der Waals surface area contributed by atoms with Gasteiger partial charge in [0.15, 0.2) is 0 Å². The maximum absolute atomic E-state index is 12.2. The summed E-state index contributed by atoms with van der Waals surface area (Å²) < 4.78 is 25.8. The second kappa shape index (κ2) is 6.89. The average molecular weight is 375 g/mol. The Hall–Kier alpha value is -0.920. The Morgan fingerprint density at radius 2 is 1.95 bits per heavy atom. The van der Waals surface area contributed by atoms with Crippen LogP contribution in [0.25, 0.3) is 0 Å². The van der Waals surface area contributed by atoms with Crippen molar-refractivity contribution in [1.82, 2.24) is 9.62 Å². The summed E-state index contributed by atoms with van der Waals surface area (Å²) in [7, 11) is -3.12. The molecule has 1 aliphatic heterocycles. The van der Waals surface area contributed by atoms with Gasteiger partial charge in [-0.25, -0.2) is 12.7 Å². The summed E-state index contributed by atoms with van der Waals surface area (Å²) >= 11 is 3.36. The zero-order valence-electron chi connectivity index (χ0n) is 11.9. The number of sulfonamides is 1. The minimum absolute atomic E-state index is 0.0212. The Bertz CT molecular complexity index is 610. The van der Waals surface area contributed by atoms with Crippen LogP contribution in [0.4, 0.5) is 0 Å². The maximum Gasteiger partial charge on any atom is 0.252 e. The summed E-state index contributed by atoms with van der Waals surface area (Å²) in [5.74, 6) is 0.000308. The molecule has 2 rings (SSSR count). The maximum atomic E-state index is 12.2. The predicted molar refractivity (Wildman–Crippen MR) is 85.7 cm³/mol. The van der Waals surface area contributed by atoms with E-state index in [1.807, 2.05) is 18.2 Å². The fraction of sp³-hybridized carbons (Fsp3) is 0.500. The Morgan fingerprint density at radius 1 is 1.33 bits per heavy atom. The summed E-state index contributed by atoms with van der Waals surface area (Å²) in [5, 5.41) is 2.98. The number of piperidine rings is 1. The molecule has 1 aliphatic rings. The lowest BCUT2D eigenvalue weighted by molar-refractivity contribution is 0.0923. The quantitative estimate of drug-likeness (QED) is 0.876. The summed E-state index contributed by atoms with van der Waals surface area (Å²) in [6, 6.07) is 7.28. The van der Waals surface area contributed by atoms with Gasteiger partial charge in [-0.1, -0.05) is 12.1 Å². The van der Waals surface area contributed by atoms with Gasteiger partial charge in [-0.05, 0) is 47.8 Å². The first-order chi connectivity index (χ1) is 9.94. The van der Waals surface area contributed by atoms with E-state index in [-0.39, 0.29) is 17.7 Å². The minimum atomic E-state index is -3.12. The number of amides is 1. The number of carbonyl (C=O) groups is 1. The molecule has 0 unspecified atom stereocenters. The van der Waals surface area contributed by atoms with Crippen LogP contribution in [0.3, 0.4) is 0 Å². The zero-order valence-corrected chi connectivity index (χ0v) is 14.3. The molecule has 116 valence electrons. The highest BCUT2D eigenvalue weighted by Gasteiger charge is 2.27. The molecule has 1 fully saturated rings. The van der Waals surface area contributed by atoms with E-state index in [2.05, 4.69) is 21.2 Å². The molecule has 0 spiro atoms. The van der Waals surface area contributed by atoms with Crippen LogP contribution in [0.5, 0.6) is 0 Å². The fourth-order valence-electron chi connectivity index (χ4n) is 2.37. The van der Waals surface area contributed by atoms with Gasteiger partial charge in [-0.2, -0.15) is 0 Å². The number of hydrogen-bond donors (Lipinski definition) is 1. The highest BCUT2D eigenvalue weighted by molar-refractivity contribution is 9.10. The minimum Gasteiger partial charge on any atom is -0.349 e. The third-order valence-corrected chi connectivity index (χ3v) is 6.24. The van der Waals surface area contributed by atoms with Crippen LogP contribution in [0.15, 0.2) is 28.7 Å². The number of benzene rings is 1. The van der Waals surface area contributed by atoms with Crippen molar-refractivity contribution in [3.05, 3.63) is 34.3 Å². The predicted octanol–water partition coefficient (Wildman–Crippen LogP) is 1.99. The number of hydrogen-bond acceptors (Lipinski definition) is 3. The number of nitrogens with one attached hydrogen (secondary N) is 1. The van der Waals surface area contributed by atoms with Crippen LogP contribution in [-0.4, -0.2) is 43.5 Å². The van der Waals surface area contributed by atoms with E-state index in [0.717, 1.165) is 4.47 Å². The lowest BCUT2D eigenvalue weighted by Gasteiger charge is -2.31. The topological polar surface area (TPSA) is 66.5 Å². The zero-order chi connectivity index (χ0) is 15.5. The molecule has 1 heterocycles. The second-order valence-electron chi connectivity index (χ2n) is 5.03. The van der Waals surface area contributed by atoms with Gasteiger partial charge in [0.2, 0.25) is 10.0 Å². The van der Waals surface area contributed by atoms with Crippen LogP contribution < -0.4 is 5.32 Å². The van der Waals surface area contributed by atoms with Gasteiger partial charge in [0.25, 0.3) is 5.91 Å². The molecule has 0 bridgehead atoms. The largest absolute Gasteiger partial charge is 0.349 e. The summed E-state index contributed by atoms with van der Waals surface area (Å²) in [6.45, 7) is 2.59. The molecule has 21 heavy (non-hydrogen) atoms. The van der Waals surface area contributed by atoms with Gasteiger partial charge < -0.3 is 5.32 Å². The SMILES string of the molecule is CCS(=O)(=O)N1CCC(NC(=O)c2ccccc2Br)CC1. The van der Waals surface area contributed by atoms with Gasteiger partial charge in [0.05, 0.1) is 11.3 Å². The normalized spacial score (nSPS) is 17.6. The van der Waals surface area contributed by atoms with Gasteiger partial charge >= 0.3 is 0 Å². The highest BCUT2D eigenvalue weighted by atomic mass is 79.9. The van der Waals surface area contributed by atoms with Gasteiger partial charge in [-0.15, -0.1) is 0 Å². The van der Waals surface area contributed by atoms with Crippen molar-refractivity contribution in [1.29, 1.82) is 0 Å². The number of carbonyl (C=O) groups excluding carboxylic acids is 1. The van der Waals surface area contributed by atoms with Gasteiger partial charge in [0, 0.05) is 23.6 Å². The molecule has 7 heteroatoms. The molecule has 0 radical (unpaired) electrons. The van der Waals surface area contributed by atoms with E-state index in [1.165, 1.54) is 4.31 Å². The van der Waals surface area contributed by atoms with Crippen LogP contribution in [0, 0.1) is 0 Å². The molecule has 1 N–H and O–H groups in total. The molecule has 0 saturated carbocycles. The number of rotatable bonds is 4. The molecule has 0 aromatic heterocycles. The van der Waals surface area contributed by atoms with E-state index in [4.69, 9.17) is 0 Å². The highest BCUT2D eigenvalue weighted by Crippen LogP contribution is 2.18. The van der Waals surface area contributed by atoms with Crippen molar-refractivity contribution in [2.45, 2.75) is 25.8 Å². The molecule has 1 saturated heterocycles. The lowest BCUT2D eigenvalue weighted by atomic mass is 10.1. The Balaban J connectivity index is 1.92. The first-order valence-electron chi connectivity index (χ1n) is 6.97.